The van der Waals surface area contributed by atoms with Gasteiger partial charge in [-0.1, -0.05) is 12.1 Å². The highest BCUT2D eigenvalue weighted by atomic mass is 32.2. The molecule has 0 spiro atoms. The number of primary amides is 1. The maximum absolute atomic E-state index is 11.6. The number of carbonyl (C=O) groups is 2. The Bertz CT molecular complexity index is 510. The molecule has 21 heavy (non-hydrogen) atoms. The van der Waals surface area contributed by atoms with Crippen molar-refractivity contribution in [3.63, 3.8) is 0 Å². The van der Waals surface area contributed by atoms with Crippen LogP contribution in [0.1, 0.15) is 6.42 Å². The lowest BCUT2D eigenvalue weighted by Crippen LogP contribution is -2.40. The quantitative estimate of drug-likeness (QED) is 0.718. The van der Waals surface area contributed by atoms with Gasteiger partial charge >= 0.3 is 0 Å². The molecule has 1 aliphatic heterocycles. The molecule has 0 aliphatic carbocycles. The van der Waals surface area contributed by atoms with E-state index in [2.05, 4.69) is 5.32 Å². The minimum absolute atomic E-state index is 0.0746. The van der Waals surface area contributed by atoms with Crippen LogP contribution in [0.3, 0.4) is 0 Å². The first-order valence-electron chi connectivity index (χ1n) is 6.66. The van der Waals surface area contributed by atoms with Crippen LogP contribution in [-0.2, 0) is 9.59 Å². The molecule has 0 fully saturated rings. The van der Waals surface area contributed by atoms with Gasteiger partial charge in [-0.15, -0.1) is 0 Å². The summed E-state index contributed by atoms with van der Waals surface area (Å²) < 4.78 is 11.3. The number of nitrogens with two attached hydrogens (primary N) is 1. The number of hydrogen-bond donors (Lipinski definition) is 2. The minimum Gasteiger partial charge on any atom is -0.486 e. The Hall–Kier alpha value is -1.89. The molecule has 114 valence electrons. The van der Waals surface area contributed by atoms with Crippen molar-refractivity contribution >= 4 is 23.6 Å². The summed E-state index contributed by atoms with van der Waals surface area (Å²) >= 11 is 1.35. The van der Waals surface area contributed by atoms with Crippen molar-refractivity contribution in [3.05, 3.63) is 24.3 Å². The van der Waals surface area contributed by atoms with Crippen LogP contribution in [0.4, 0.5) is 0 Å². The summed E-state index contributed by atoms with van der Waals surface area (Å²) in [6, 6.07) is 7.44. The molecule has 1 aromatic carbocycles. The summed E-state index contributed by atoms with van der Waals surface area (Å²) in [6.45, 7) is 0.807. The van der Waals surface area contributed by atoms with Crippen LogP contribution in [0, 0.1) is 0 Å². The molecule has 1 heterocycles. The maximum Gasteiger partial charge on any atom is 0.227 e. The van der Waals surface area contributed by atoms with Crippen molar-refractivity contribution in [1.82, 2.24) is 5.32 Å². The van der Waals surface area contributed by atoms with E-state index in [1.54, 1.807) is 0 Å². The third-order valence-corrected chi connectivity index (χ3v) is 3.79. The number of nitrogens with one attached hydrogen (secondary N) is 1. The predicted octanol–water partition coefficient (Wildman–Crippen LogP) is 0.551. The average molecular weight is 310 g/mol. The maximum atomic E-state index is 11.6. The van der Waals surface area contributed by atoms with E-state index in [-0.39, 0.29) is 23.7 Å². The van der Waals surface area contributed by atoms with Crippen LogP contribution >= 0.6 is 11.8 Å². The van der Waals surface area contributed by atoms with E-state index in [0.29, 0.717) is 31.1 Å². The van der Waals surface area contributed by atoms with Gasteiger partial charge in [0.15, 0.2) is 11.5 Å². The minimum atomic E-state index is -0.369. The van der Waals surface area contributed by atoms with E-state index in [0.717, 1.165) is 5.75 Å². The fraction of sp³-hybridized carbons (Fsp3) is 0.429. The Labute approximate surface area is 127 Å². The van der Waals surface area contributed by atoms with E-state index in [4.69, 9.17) is 15.2 Å². The average Bonchev–Trinajstić information content (AvgIpc) is 2.49. The van der Waals surface area contributed by atoms with Crippen molar-refractivity contribution in [2.45, 2.75) is 12.5 Å². The van der Waals surface area contributed by atoms with E-state index < -0.39 is 0 Å². The second-order valence-corrected chi connectivity index (χ2v) is 5.68. The van der Waals surface area contributed by atoms with Crippen LogP contribution in [0.25, 0.3) is 0 Å². The number of thioether (sulfide) groups is 1. The molecule has 0 saturated carbocycles. The summed E-state index contributed by atoms with van der Waals surface area (Å²) in [5.74, 6) is 1.78. The van der Waals surface area contributed by atoms with Crippen LogP contribution in [-0.4, -0.2) is 42.6 Å². The van der Waals surface area contributed by atoms with Crippen molar-refractivity contribution in [2.75, 3.05) is 24.7 Å². The molecule has 0 radical (unpaired) electrons. The van der Waals surface area contributed by atoms with Gasteiger partial charge in [-0.05, 0) is 12.1 Å². The topological polar surface area (TPSA) is 90.7 Å². The predicted molar refractivity (Wildman–Crippen MR) is 80.5 cm³/mol. The SMILES string of the molecule is NC(=O)CSCCC(=O)NCC1COc2ccccc2O1. The molecule has 2 rings (SSSR count). The second kappa shape index (κ2) is 7.78. The monoisotopic (exact) mass is 310 g/mol. The highest BCUT2D eigenvalue weighted by Gasteiger charge is 2.20. The summed E-state index contributed by atoms with van der Waals surface area (Å²) in [7, 11) is 0. The van der Waals surface area contributed by atoms with Gasteiger partial charge in [0.1, 0.15) is 12.7 Å². The second-order valence-electron chi connectivity index (χ2n) is 4.57. The van der Waals surface area contributed by atoms with Crippen molar-refractivity contribution in [2.24, 2.45) is 5.73 Å². The van der Waals surface area contributed by atoms with Gasteiger partial charge in [-0.2, -0.15) is 11.8 Å². The highest BCUT2D eigenvalue weighted by Crippen LogP contribution is 2.30. The number of amides is 2. The van der Waals surface area contributed by atoms with Crippen LogP contribution in [0.15, 0.2) is 24.3 Å². The summed E-state index contributed by atoms with van der Waals surface area (Å²) in [5.41, 5.74) is 5.01. The zero-order valence-electron chi connectivity index (χ0n) is 11.5. The zero-order chi connectivity index (χ0) is 15.1. The van der Waals surface area contributed by atoms with Gasteiger partial charge in [0.25, 0.3) is 0 Å². The summed E-state index contributed by atoms with van der Waals surface area (Å²) in [5, 5.41) is 2.80. The van der Waals surface area contributed by atoms with E-state index in [1.807, 2.05) is 24.3 Å². The molecule has 1 atom stereocenters. The lowest BCUT2D eigenvalue weighted by Gasteiger charge is -2.26. The fourth-order valence-corrected chi connectivity index (χ4v) is 2.49. The molecular formula is C14H18N2O4S. The van der Waals surface area contributed by atoms with Gasteiger partial charge in [-0.3, -0.25) is 9.59 Å². The molecule has 1 aromatic rings. The molecule has 0 saturated heterocycles. The van der Waals surface area contributed by atoms with Gasteiger partial charge in [-0.25, -0.2) is 0 Å². The van der Waals surface area contributed by atoms with E-state index in [9.17, 15) is 9.59 Å². The number of rotatable bonds is 7. The molecule has 3 N–H and O–H groups in total. The molecular weight excluding hydrogens is 292 g/mol. The van der Waals surface area contributed by atoms with Crippen LogP contribution in [0.5, 0.6) is 11.5 Å². The van der Waals surface area contributed by atoms with Gasteiger partial charge in [0.05, 0.1) is 12.3 Å². The summed E-state index contributed by atoms with van der Waals surface area (Å²) in [4.78, 5) is 22.2. The number of hydrogen-bond acceptors (Lipinski definition) is 5. The number of fused-ring (bicyclic) bond motifs is 1. The van der Waals surface area contributed by atoms with Gasteiger partial charge in [0, 0.05) is 12.2 Å². The van der Waals surface area contributed by atoms with Crippen molar-refractivity contribution in [3.8, 4) is 11.5 Å². The van der Waals surface area contributed by atoms with Gasteiger partial charge < -0.3 is 20.5 Å². The van der Waals surface area contributed by atoms with Gasteiger partial charge in [0.2, 0.25) is 11.8 Å². The number of carbonyl (C=O) groups excluding carboxylic acids is 2. The standard InChI is InChI=1S/C14H18N2O4S/c15-13(17)9-21-6-5-14(18)16-7-10-8-19-11-3-1-2-4-12(11)20-10/h1-4,10H,5-9H2,(H2,15,17)(H,16,18). The number of ether oxygens (including phenoxy) is 2. The van der Waals surface area contributed by atoms with E-state index >= 15 is 0 Å². The Kier molecular flexibility index (Phi) is 5.74. The molecule has 0 aromatic heterocycles. The van der Waals surface area contributed by atoms with Crippen molar-refractivity contribution in [1.29, 1.82) is 0 Å². The first-order valence-corrected chi connectivity index (χ1v) is 7.82. The lowest BCUT2D eigenvalue weighted by atomic mass is 10.2. The molecule has 0 bridgehead atoms. The normalized spacial score (nSPS) is 16.3. The third-order valence-electron chi connectivity index (χ3n) is 2.81. The molecule has 2 amide bonds. The molecule has 1 aliphatic rings. The highest BCUT2D eigenvalue weighted by molar-refractivity contribution is 7.99. The van der Waals surface area contributed by atoms with Crippen LogP contribution in [0.2, 0.25) is 0 Å². The summed E-state index contributed by atoms with van der Waals surface area (Å²) in [6.07, 6.45) is 0.157. The Morgan fingerprint density at radius 2 is 2.10 bits per heavy atom. The largest absolute Gasteiger partial charge is 0.486 e. The zero-order valence-corrected chi connectivity index (χ0v) is 12.4. The van der Waals surface area contributed by atoms with E-state index in [1.165, 1.54) is 11.8 Å². The first kappa shape index (κ1) is 15.5. The Balaban J connectivity index is 1.65. The van der Waals surface area contributed by atoms with Crippen molar-refractivity contribution < 1.29 is 19.1 Å². The molecule has 6 nitrogen and oxygen atoms in total. The first-order chi connectivity index (χ1) is 10.1. The Morgan fingerprint density at radius 1 is 1.33 bits per heavy atom. The molecule has 1 unspecified atom stereocenters. The Morgan fingerprint density at radius 3 is 2.86 bits per heavy atom. The van der Waals surface area contributed by atoms with Crippen LogP contribution < -0.4 is 20.5 Å². The lowest BCUT2D eigenvalue weighted by molar-refractivity contribution is -0.121. The molecule has 7 heteroatoms. The fourth-order valence-electron chi connectivity index (χ4n) is 1.82. The number of benzene rings is 1. The smallest absolute Gasteiger partial charge is 0.227 e. The number of para-hydroxylation sites is 2. The third kappa shape index (κ3) is 5.18.